The molecule has 0 saturated carbocycles. The topological polar surface area (TPSA) is 84.9 Å². The van der Waals surface area contributed by atoms with E-state index in [1.54, 1.807) is 12.0 Å². The Bertz CT molecular complexity index is 982. The van der Waals surface area contributed by atoms with Gasteiger partial charge in [-0.05, 0) is 44.0 Å². The molecule has 1 atom stereocenters. The summed E-state index contributed by atoms with van der Waals surface area (Å²) in [6, 6.07) is 5.59. The first-order valence-electron chi connectivity index (χ1n) is 9.21. The number of hydrogen-bond donors (Lipinski definition) is 1. The number of nitrogens with zero attached hydrogens (tertiary/aromatic N) is 1. The molecule has 0 aliphatic carbocycles. The van der Waals surface area contributed by atoms with E-state index in [-0.39, 0.29) is 24.8 Å². The Morgan fingerprint density at radius 3 is 2.59 bits per heavy atom. The van der Waals surface area contributed by atoms with E-state index < -0.39 is 11.9 Å². The van der Waals surface area contributed by atoms with Crippen LogP contribution in [0.3, 0.4) is 0 Å². The quantitative estimate of drug-likeness (QED) is 0.755. The van der Waals surface area contributed by atoms with Gasteiger partial charge in [0.2, 0.25) is 11.8 Å². The van der Waals surface area contributed by atoms with Crippen molar-refractivity contribution in [3.63, 3.8) is 0 Å². The summed E-state index contributed by atoms with van der Waals surface area (Å²) < 4.78 is 10.2. The third-order valence-electron chi connectivity index (χ3n) is 5.13. The lowest BCUT2D eigenvalue weighted by molar-refractivity contribution is -0.122. The van der Waals surface area contributed by atoms with Crippen molar-refractivity contribution in [1.82, 2.24) is 0 Å². The molecule has 3 rings (SSSR count). The zero-order chi connectivity index (χ0) is 21.3. The molecular formula is C21H24N2O5S. The van der Waals surface area contributed by atoms with E-state index in [9.17, 15) is 14.4 Å². The standard InChI is InChI=1S/C21H24N2O5S/c1-11-6-7-16(27-4)15(8-11)23-10-14(9-17(23)24)19(25)22-20-18(21(26)28-5)12(2)13(3)29-20/h6-8,14H,9-10H2,1-5H3,(H,22,25). The Morgan fingerprint density at radius 1 is 1.21 bits per heavy atom. The van der Waals surface area contributed by atoms with Gasteiger partial charge in [0.05, 0.1) is 31.4 Å². The van der Waals surface area contributed by atoms with Crippen molar-refractivity contribution in [3.8, 4) is 5.75 Å². The number of nitrogens with one attached hydrogen (secondary N) is 1. The Balaban J connectivity index is 1.81. The highest BCUT2D eigenvalue weighted by molar-refractivity contribution is 7.16. The molecule has 1 aromatic heterocycles. The summed E-state index contributed by atoms with van der Waals surface area (Å²) in [5.41, 5.74) is 2.80. The Labute approximate surface area is 173 Å². The van der Waals surface area contributed by atoms with Gasteiger partial charge in [-0.3, -0.25) is 9.59 Å². The normalized spacial score (nSPS) is 16.1. The Kier molecular flexibility index (Phi) is 5.93. The second kappa shape index (κ2) is 8.24. The summed E-state index contributed by atoms with van der Waals surface area (Å²) in [6.07, 6.45) is 0.0971. The summed E-state index contributed by atoms with van der Waals surface area (Å²) in [7, 11) is 2.86. The van der Waals surface area contributed by atoms with Crippen molar-refractivity contribution >= 4 is 39.8 Å². The number of esters is 1. The monoisotopic (exact) mass is 416 g/mol. The lowest BCUT2D eigenvalue weighted by Crippen LogP contribution is -2.28. The van der Waals surface area contributed by atoms with Gasteiger partial charge in [0.25, 0.3) is 0 Å². The van der Waals surface area contributed by atoms with Crippen LogP contribution in [0.15, 0.2) is 18.2 Å². The number of anilines is 2. The maximum atomic E-state index is 12.9. The van der Waals surface area contributed by atoms with E-state index in [4.69, 9.17) is 9.47 Å². The molecule has 29 heavy (non-hydrogen) atoms. The molecule has 7 nitrogen and oxygen atoms in total. The predicted molar refractivity (Wildman–Crippen MR) is 112 cm³/mol. The number of ether oxygens (including phenoxy) is 2. The molecule has 8 heteroatoms. The van der Waals surface area contributed by atoms with Crippen molar-refractivity contribution in [1.29, 1.82) is 0 Å². The molecule has 0 radical (unpaired) electrons. The third kappa shape index (κ3) is 3.98. The van der Waals surface area contributed by atoms with Gasteiger partial charge in [0.1, 0.15) is 10.8 Å². The first-order valence-corrected chi connectivity index (χ1v) is 10.0. The molecule has 1 aliphatic rings. The van der Waals surface area contributed by atoms with Crippen LogP contribution < -0.4 is 15.0 Å². The number of amides is 2. The van der Waals surface area contributed by atoms with Gasteiger partial charge >= 0.3 is 5.97 Å². The smallest absolute Gasteiger partial charge is 0.341 e. The van der Waals surface area contributed by atoms with Crippen LogP contribution in [0.2, 0.25) is 0 Å². The van der Waals surface area contributed by atoms with Crippen molar-refractivity contribution in [2.45, 2.75) is 27.2 Å². The first-order chi connectivity index (χ1) is 13.8. The highest BCUT2D eigenvalue weighted by Crippen LogP contribution is 2.36. The molecule has 0 bridgehead atoms. The largest absolute Gasteiger partial charge is 0.495 e. The second-order valence-corrected chi connectivity index (χ2v) is 8.27. The number of aryl methyl sites for hydroxylation is 2. The minimum Gasteiger partial charge on any atom is -0.495 e. The molecule has 1 N–H and O–H groups in total. The van der Waals surface area contributed by atoms with E-state index in [0.717, 1.165) is 16.0 Å². The Morgan fingerprint density at radius 2 is 1.93 bits per heavy atom. The van der Waals surface area contributed by atoms with Gasteiger partial charge in [0.15, 0.2) is 0 Å². The highest BCUT2D eigenvalue weighted by Gasteiger charge is 2.37. The van der Waals surface area contributed by atoms with Crippen LogP contribution >= 0.6 is 11.3 Å². The number of carbonyl (C=O) groups is 3. The average Bonchev–Trinajstić information content (AvgIpc) is 3.21. The summed E-state index contributed by atoms with van der Waals surface area (Å²) in [6.45, 7) is 5.89. The summed E-state index contributed by atoms with van der Waals surface area (Å²) in [5, 5.41) is 3.29. The fraction of sp³-hybridized carbons (Fsp3) is 0.381. The zero-order valence-electron chi connectivity index (χ0n) is 17.1. The maximum absolute atomic E-state index is 12.9. The molecule has 1 unspecified atom stereocenters. The van der Waals surface area contributed by atoms with Crippen molar-refractivity contribution < 1.29 is 23.9 Å². The molecule has 1 aliphatic heterocycles. The molecule has 2 heterocycles. The van der Waals surface area contributed by atoms with Gasteiger partial charge < -0.3 is 19.7 Å². The van der Waals surface area contributed by atoms with E-state index in [1.807, 2.05) is 39.0 Å². The van der Waals surface area contributed by atoms with Crippen LogP contribution in [0.5, 0.6) is 5.75 Å². The summed E-state index contributed by atoms with van der Waals surface area (Å²) >= 11 is 1.33. The van der Waals surface area contributed by atoms with Crippen LogP contribution in [-0.2, 0) is 14.3 Å². The Hall–Kier alpha value is -2.87. The lowest BCUT2D eigenvalue weighted by atomic mass is 10.1. The predicted octanol–water partition coefficient (Wildman–Crippen LogP) is 3.46. The molecule has 2 amide bonds. The van der Waals surface area contributed by atoms with Gasteiger partial charge in [-0.15, -0.1) is 11.3 Å². The van der Waals surface area contributed by atoms with E-state index >= 15 is 0 Å². The van der Waals surface area contributed by atoms with Crippen LogP contribution in [0.25, 0.3) is 0 Å². The highest BCUT2D eigenvalue weighted by atomic mass is 32.1. The number of rotatable bonds is 5. The van der Waals surface area contributed by atoms with E-state index in [0.29, 0.717) is 22.0 Å². The minimum absolute atomic E-state index is 0.0971. The molecule has 1 saturated heterocycles. The number of thiophene rings is 1. The van der Waals surface area contributed by atoms with Crippen molar-refractivity contribution in [2.24, 2.45) is 5.92 Å². The lowest BCUT2D eigenvalue weighted by Gasteiger charge is -2.20. The molecule has 1 aromatic carbocycles. The molecule has 154 valence electrons. The van der Waals surface area contributed by atoms with Crippen LogP contribution in [0.4, 0.5) is 10.7 Å². The fourth-order valence-electron chi connectivity index (χ4n) is 3.40. The van der Waals surface area contributed by atoms with Gasteiger partial charge in [-0.25, -0.2) is 4.79 Å². The van der Waals surface area contributed by atoms with Gasteiger partial charge in [0, 0.05) is 17.8 Å². The first kappa shape index (κ1) is 20.9. The minimum atomic E-state index is -0.527. The van der Waals surface area contributed by atoms with E-state index in [1.165, 1.54) is 18.4 Å². The summed E-state index contributed by atoms with van der Waals surface area (Å²) in [4.78, 5) is 40.1. The molecule has 2 aromatic rings. The molecular weight excluding hydrogens is 392 g/mol. The summed E-state index contributed by atoms with van der Waals surface area (Å²) in [5.74, 6) is -0.862. The van der Waals surface area contributed by atoms with Crippen LogP contribution in [0, 0.1) is 26.7 Å². The molecule has 0 spiro atoms. The number of methoxy groups -OCH3 is 2. The fourth-order valence-corrected chi connectivity index (χ4v) is 4.46. The number of carbonyl (C=O) groups excluding carboxylic acids is 3. The zero-order valence-corrected chi connectivity index (χ0v) is 17.9. The number of hydrogen-bond acceptors (Lipinski definition) is 6. The van der Waals surface area contributed by atoms with Gasteiger partial charge in [-0.1, -0.05) is 6.07 Å². The molecule has 1 fully saturated rings. The van der Waals surface area contributed by atoms with E-state index in [2.05, 4.69) is 5.32 Å². The number of benzene rings is 1. The van der Waals surface area contributed by atoms with Crippen molar-refractivity contribution in [2.75, 3.05) is 31.0 Å². The van der Waals surface area contributed by atoms with Crippen LogP contribution in [0.1, 0.15) is 32.8 Å². The SMILES string of the molecule is COC(=O)c1c(NC(=O)C2CC(=O)N(c3cc(C)ccc3OC)C2)sc(C)c1C. The third-order valence-corrected chi connectivity index (χ3v) is 6.26. The average molecular weight is 416 g/mol. The van der Waals surface area contributed by atoms with Crippen LogP contribution in [-0.4, -0.2) is 38.5 Å². The maximum Gasteiger partial charge on any atom is 0.341 e. The second-order valence-electron chi connectivity index (χ2n) is 7.05. The van der Waals surface area contributed by atoms with Crippen molar-refractivity contribution in [3.05, 3.63) is 39.8 Å². The van der Waals surface area contributed by atoms with Gasteiger partial charge in [-0.2, -0.15) is 0 Å².